The van der Waals surface area contributed by atoms with Crippen molar-refractivity contribution in [2.45, 2.75) is 50.4 Å². The fourth-order valence-electron chi connectivity index (χ4n) is 2.60. The van der Waals surface area contributed by atoms with Crippen LogP contribution >= 0.6 is 0 Å². The number of hydrogen-bond acceptors (Lipinski definition) is 2. The van der Waals surface area contributed by atoms with Crippen LogP contribution in [0.25, 0.3) is 11.5 Å². The largest absolute Gasteiger partial charge is 0.408 e. The fourth-order valence-corrected chi connectivity index (χ4v) is 2.60. The van der Waals surface area contributed by atoms with E-state index in [4.69, 9.17) is 0 Å². The Morgan fingerprint density at radius 1 is 1.19 bits per heavy atom. The Kier molecular flexibility index (Phi) is 2.68. The van der Waals surface area contributed by atoms with Crippen molar-refractivity contribution in [2.24, 2.45) is 0 Å². The standard InChI is InChI=1S/C14H15F3N4/c15-14(16,17)8-21-13(18-12(19-21)9-3-4-9)11-2-1-7-20(11)10-5-6-10/h1-2,7,9-10H,3-6,8H2. The molecule has 4 rings (SSSR count). The van der Waals surface area contributed by atoms with Crippen molar-refractivity contribution < 1.29 is 13.2 Å². The molecule has 2 aliphatic carbocycles. The molecular formula is C14H15F3N4. The second kappa shape index (κ2) is 4.35. The molecular weight excluding hydrogens is 281 g/mol. The number of hydrogen-bond donors (Lipinski definition) is 0. The SMILES string of the molecule is FC(F)(F)Cn1nc(C2CC2)nc1-c1cccn1C1CC1. The maximum Gasteiger partial charge on any atom is 0.408 e. The maximum absolute atomic E-state index is 12.8. The van der Waals surface area contributed by atoms with Crippen molar-refractivity contribution >= 4 is 0 Å². The van der Waals surface area contributed by atoms with Crippen LogP contribution in [0.5, 0.6) is 0 Å². The van der Waals surface area contributed by atoms with Crippen molar-refractivity contribution in [3.05, 3.63) is 24.2 Å². The van der Waals surface area contributed by atoms with Crippen molar-refractivity contribution in [3.63, 3.8) is 0 Å². The Labute approximate surface area is 119 Å². The molecule has 0 unspecified atom stereocenters. The predicted molar refractivity (Wildman–Crippen MR) is 69.7 cm³/mol. The van der Waals surface area contributed by atoms with Crippen LogP contribution in [0.15, 0.2) is 18.3 Å². The third-order valence-electron chi connectivity index (χ3n) is 3.91. The average molecular weight is 296 g/mol. The summed E-state index contributed by atoms with van der Waals surface area (Å²) in [5.41, 5.74) is 0.737. The minimum absolute atomic E-state index is 0.238. The topological polar surface area (TPSA) is 35.6 Å². The van der Waals surface area contributed by atoms with Crippen molar-refractivity contribution in [1.82, 2.24) is 19.3 Å². The van der Waals surface area contributed by atoms with Gasteiger partial charge in [0, 0.05) is 18.2 Å². The Bertz CT molecular complexity index is 662. The lowest BCUT2D eigenvalue weighted by Crippen LogP contribution is -2.20. The second-order valence-electron chi connectivity index (χ2n) is 5.87. The minimum atomic E-state index is -4.29. The average Bonchev–Trinajstić information content (AvgIpc) is 3.32. The first kappa shape index (κ1) is 12.9. The summed E-state index contributed by atoms with van der Waals surface area (Å²) in [6.07, 6.45) is 1.71. The van der Waals surface area contributed by atoms with Crippen molar-refractivity contribution in [3.8, 4) is 11.5 Å². The van der Waals surface area contributed by atoms with Crippen LogP contribution in [0.4, 0.5) is 13.2 Å². The highest BCUT2D eigenvalue weighted by atomic mass is 19.4. The van der Waals surface area contributed by atoms with E-state index in [1.807, 2.05) is 22.9 Å². The molecule has 2 aromatic rings. The van der Waals surface area contributed by atoms with Gasteiger partial charge < -0.3 is 4.57 Å². The predicted octanol–water partition coefficient (Wildman–Crippen LogP) is 3.52. The van der Waals surface area contributed by atoms with Gasteiger partial charge >= 0.3 is 6.18 Å². The summed E-state index contributed by atoms with van der Waals surface area (Å²) in [6.45, 7) is -1.09. The van der Waals surface area contributed by atoms with Crippen LogP contribution in [0, 0.1) is 0 Å². The summed E-state index contributed by atoms with van der Waals surface area (Å²) in [4.78, 5) is 4.40. The lowest BCUT2D eigenvalue weighted by molar-refractivity contribution is -0.142. The maximum atomic E-state index is 12.8. The van der Waals surface area contributed by atoms with Gasteiger partial charge in [-0.15, -0.1) is 0 Å². The lowest BCUT2D eigenvalue weighted by Gasteiger charge is -2.11. The van der Waals surface area contributed by atoms with Crippen molar-refractivity contribution in [1.29, 1.82) is 0 Å². The molecule has 2 heterocycles. The Balaban J connectivity index is 1.76. The number of alkyl halides is 3. The summed E-state index contributed by atoms with van der Waals surface area (Å²) >= 11 is 0. The molecule has 0 aliphatic heterocycles. The van der Waals surface area contributed by atoms with Crippen LogP contribution in [0.1, 0.15) is 43.5 Å². The summed E-state index contributed by atoms with van der Waals surface area (Å²) in [7, 11) is 0. The van der Waals surface area contributed by atoms with Gasteiger partial charge in [0.15, 0.2) is 11.6 Å². The summed E-state index contributed by atoms with van der Waals surface area (Å²) in [5, 5.41) is 4.11. The number of rotatable bonds is 4. The van der Waals surface area contributed by atoms with E-state index in [0.717, 1.165) is 36.1 Å². The Morgan fingerprint density at radius 2 is 1.95 bits per heavy atom. The molecule has 2 aromatic heterocycles. The third kappa shape index (κ3) is 2.56. The zero-order valence-electron chi connectivity index (χ0n) is 11.3. The quantitative estimate of drug-likeness (QED) is 0.865. The molecule has 112 valence electrons. The van der Waals surface area contributed by atoms with Gasteiger partial charge in [0.1, 0.15) is 6.54 Å². The van der Waals surface area contributed by atoms with Crippen LogP contribution in [-0.4, -0.2) is 25.5 Å². The lowest BCUT2D eigenvalue weighted by atomic mass is 10.3. The Hall–Kier alpha value is -1.79. The first-order valence-electron chi connectivity index (χ1n) is 7.20. The molecule has 2 fully saturated rings. The molecule has 21 heavy (non-hydrogen) atoms. The zero-order valence-corrected chi connectivity index (χ0v) is 11.3. The van der Waals surface area contributed by atoms with E-state index in [2.05, 4.69) is 10.1 Å². The van der Waals surface area contributed by atoms with Gasteiger partial charge in [-0.05, 0) is 37.8 Å². The van der Waals surface area contributed by atoms with Crippen LogP contribution in [0.2, 0.25) is 0 Å². The van der Waals surface area contributed by atoms with E-state index in [9.17, 15) is 13.2 Å². The summed E-state index contributed by atoms with van der Waals surface area (Å²) in [5.74, 6) is 1.13. The van der Waals surface area contributed by atoms with Gasteiger partial charge in [-0.3, -0.25) is 0 Å². The molecule has 0 aromatic carbocycles. The molecule has 0 N–H and O–H groups in total. The second-order valence-corrected chi connectivity index (χ2v) is 5.87. The summed E-state index contributed by atoms with van der Waals surface area (Å²) in [6, 6.07) is 4.08. The number of halogens is 3. The van der Waals surface area contributed by atoms with E-state index >= 15 is 0 Å². The van der Waals surface area contributed by atoms with E-state index in [1.165, 1.54) is 0 Å². The molecule has 4 nitrogen and oxygen atoms in total. The molecule has 2 saturated carbocycles. The van der Waals surface area contributed by atoms with Gasteiger partial charge in [0.2, 0.25) is 0 Å². The molecule has 2 aliphatic rings. The highest BCUT2D eigenvalue weighted by Gasteiger charge is 2.35. The van der Waals surface area contributed by atoms with Crippen molar-refractivity contribution in [2.75, 3.05) is 0 Å². The van der Waals surface area contributed by atoms with Crippen LogP contribution in [-0.2, 0) is 6.54 Å². The zero-order chi connectivity index (χ0) is 14.6. The van der Waals surface area contributed by atoms with Gasteiger partial charge in [-0.25, -0.2) is 9.67 Å². The first-order chi connectivity index (χ1) is 10.0. The first-order valence-corrected chi connectivity index (χ1v) is 7.20. The molecule has 7 heteroatoms. The minimum Gasteiger partial charge on any atom is -0.342 e. The monoisotopic (exact) mass is 296 g/mol. The van der Waals surface area contributed by atoms with E-state index in [0.29, 0.717) is 17.7 Å². The Morgan fingerprint density at radius 3 is 2.57 bits per heavy atom. The van der Waals surface area contributed by atoms with E-state index < -0.39 is 12.7 Å². The van der Waals surface area contributed by atoms with Crippen LogP contribution in [0.3, 0.4) is 0 Å². The molecule has 0 amide bonds. The smallest absolute Gasteiger partial charge is 0.342 e. The number of aromatic nitrogens is 4. The van der Waals surface area contributed by atoms with E-state index in [-0.39, 0.29) is 5.92 Å². The summed E-state index contributed by atoms with van der Waals surface area (Å²) < 4.78 is 41.3. The number of nitrogens with zero attached hydrogens (tertiary/aromatic N) is 4. The van der Waals surface area contributed by atoms with E-state index in [1.54, 1.807) is 0 Å². The van der Waals surface area contributed by atoms with Gasteiger partial charge in [-0.2, -0.15) is 18.3 Å². The molecule has 0 radical (unpaired) electrons. The highest BCUT2D eigenvalue weighted by Crippen LogP contribution is 2.41. The van der Waals surface area contributed by atoms with Crippen LogP contribution < -0.4 is 0 Å². The highest BCUT2D eigenvalue weighted by molar-refractivity contribution is 5.52. The molecule has 0 spiro atoms. The molecule has 0 saturated heterocycles. The third-order valence-corrected chi connectivity index (χ3v) is 3.91. The molecule has 0 bridgehead atoms. The van der Waals surface area contributed by atoms with Gasteiger partial charge in [0.25, 0.3) is 0 Å². The van der Waals surface area contributed by atoms with Gasteiger partial charge in [-0.1, -0.05) is 0 Å². The van der Waals surface area contributed by atoms with Gasteiger partial charge in [0.05, 0.1) is 5.69 Å². The normalized spacial score (nSPS) is 19.2. The molecule has 0 atom stereocenters. The fraction of sp³-hybridized carbons (Fsp3) is 0.571.